The van der Waals surface area contributed by atoms with Crippen LogP contribution < -0.4 is 5.32 Å². The topological polar surface area (TPSA) is 121 Å². The molecule has 10 nitrogen and oxygen atoms in total. The molecule has 1 aromatic carbocycles. The minimum absolute atomic E-state index is 0.0252. The molecule has 2 fully saturated rings. The van der Waals surface area contributed by atoms with Gasteiger partial charge in [0.15, 0.2) is 5.69 Å². The molecular weight excluding hydrogens is 546 g/mol. The highest BCUT2D eigenvalue weighted by Gasteiger charge is 2.41. The first kappa shape index (κ1) is 30.8. The van der Waals surface area contributed by atoms with E-state index in [9.17, 15) is 19.5 Å². The smallest absolute Gasteiger partial charge is 0.358 e. The fourth-order valence-electron chi connectivity index (χ4n) is 6.92. The molecule has 0 radical (unpaired) electrons. The number of carboxylic acid groups (broad SMARTS) is 1. The van der Waals surface area contributed by atoms with Crippen molar-refractivity contribution in [2.75, 3.05) is 7.05 Å². The Morgan fingerprint density at radius 1 is 1.07 bits per heavy atom. The molecule has 2 aromatic heterocycles. The molecule has 3 amide bonds. The summed E-state index contributed by atoms with van der Waals surface area (Å²) < 4.78 is 8.00. The summed E-state index contributed by atoms with van der Waals surface area (Å²) >= 11 is 0. The maximum Gasteiger partial charge on any atom is 0.358 e. The van der Waals surface area contributed by atoms with Gasteiger partial charge in [0, 0.05) is 49.7 Å². The number of rotatable bonds is 9. The van der Waals surface area contributed by atoms with E-state index in [1.165, 1.54) is 11.3 Å². The van der Waals surface area contributed by atoms with Gasteiger partial charge in [0.05, 0.1) is 6.04 Å². The molecule has 5 rings (SSSR count). The third-order valence-electron chi connectivity index (χ3n) is 9.33. The summed E-state index contributed by atoms with van der Waals surface area (Å²) in [6.45, 7) is 3.36. The number of amides is 3. The molecule has 0 saturated heterocycles. The van der Waals surface area contributed by atoms with Crippen molar-refractivity contribution in [3.05, 3.63) is 53.4 Å². The van der Waals surface area contributed by atoms with Crippen LogP contribution in [0, 0.1) is 6.92 Å². The second-order valence-corrected chi connectivity index (χ2v) is 12.4. The van der Waals surface area contributed by atoms with Crippen LogP contribution in [-0.2, 0) is 18.3 Å². The molecule has 1 unspecified atom stereocenters. The van der Waals surface area contributed by atoms with Crippen molar-refractivity contribution in [2.24, 2.45) is 7.05 Å². The van der Waals surface area contributed by atoms with Gasteiger partial charge in [-0.15, -0.1) is 0 Å². The first-order valence-electron chi connectivity index (χ1n) is 15.7. The standard InChI is InChI=1S/C33H45N5O5/c1-21(34-24-13-7-5-8-14-24)31(39)38(33(42)37(4)25-15-9-6-10-16-25)28(30-35-29(32(40)41)22(2)43-30)19-23-20-36(3)27-18-12-11-17-26(23)27/h11-12,17-18,20-21,24-25,28,34H,5-10,13-16,19H2,1-4H3,(H,40,41)/t21?,28-/m1/s1. The van der Waals surface area contributed by atoms with Gasteiger partial charge >= 0.3 is 12.0 Å². The summed E-state index contributed by atoms with van der Waals surface area (Å²) in [7, 11) is 3.73. The summed E-state index contributed by atoms with van der Waals surface area (Å²) in [5, 5.41) is 14.3. The van der Waals surface area contributed by atoms with E-state index in [1.54, 1.807) is 18.9 Å². The zero-order valence-corrected chi connectivity index (χ0v) is 25.8. The zero-order chi connectivity index (χ0) is 30.7. The molecule has 43 heavy (non-hydrogen) atoms. The van der Waals surface area contributed by atoms with Crippen LogP contribution in [0.15, 0.2) is 34.9 Å². The SMILES string of the molecule is Cc1oc([C@@H](Cc2cn(C)c3ccccc23)N(C(=O)C(C)NC2CCCCC2)C(=O)N(C)C2CCCCC2)nc1C(=O)O. The van der Waals surface area contributed by atoms with Gasteiger partial charge in [-0.1, -0.05) is 56.7 Å². The molecule has 2 heterocycles. The van der Waals surface area contributed by atoms with Gasteiger partial charge in [0.25, 0.3) is 0 Å². The summed E-state index contributed by atoms with van der Waals surface area (Å²) in [5.74, 6) is -1.39. The highest BCUT2D eigenvalue weighted by molar-refractivity contribution is 5.97. The molecule has 232 valence electrons. The molecule has 0 bridgehead atoms. The summed E-state index contributed by atoms with van der Waals surface area (Å²) in [6, 6.07) is 6.21. The maximum atomic E-state index is 14.5. The summed E-state index contributed by atoms with van der Waals surface area (Å²) in [4.78, 5) is 48.3. The van der Waals surface area contributed by atoms with E-state index >= 15 is 0 Å². The fraction of sp³-hybridized carbons (Fsp3) is 0.576. The van der Waals surface area contributed by atoms with Crippen molar-refractivity contribution in [3.63, 3.8) is 0 Å². The average molecular weight is 592 g/mol. The maximum absolute atomic E-state index is 14.5. The van der Waals surface area contributed by atoms with Crippen LogP contribution >= 0.6 is 0 Å². The Morgan fingerprint density at radius 2 is 1.72 bits per heavy atom. The molecular formula is C33H45N5O5. The third-order valence-corrected chi connectivity index (χ3v) is 9.33. The van der Waals surface area contributed by atoms with Gasteiger partial charge in [-0.3, -0.25) is 4.79 Å². The lowest BCUT2D eigenvalue weighted by Gasteiger charge is -2.38. The minimum Gasteiger partial charge on any atom is -0.476 e. The number of hydrogen-bond donors (Lipinski definition) is 2. The number of aromatic carboxylic acids is 1. The quantitative estimate of drug-likeness (QED) is 0.314. The van der Waals surface area contributed by atoms with E-state index in [0.29, 0.717) is 0 Å². The summed E-state index contributed by atoms with van der Waals surface area (Å²) in [5.41, 5.74) is 1.71. The number of aromatic nitrogens is 2. The highest BCUT2D eigenvalue weighted by Crippen LogP contribution is 2.33. The number of fused-ring (bicyclic) bond motifs is 1. The lowest BCUT2D eigenvalue weighted by molar-refractivity contribution is -0.133. The number of benzene rings is 1. The lowest BCUT2D eigenvalue weighted by Crippen LogP contribution is -2.56. The second-order valence-electron chi connectivity index (χ2n) is 12.4. The predicted octanol–water partition coefficient (Wildman–Crippen LogP) is 5.98. The molecule has 2 atom stereocenters. The molecule has 2 N–H and O–H groups in total. The van der Waals surface area contributed by atoms with Crippen LogP contribution in [0.5, 0.6) is 0 Å². The molecule has 2 aliphatic rings. The lowest BCUT2D eigenvalue weighted by atomic mass is 9.94. The number of carbonyl (C=O) groups is 3. The number of carbonyl (C=O) groups excluding carboxylic acids is 2. The normalized spacial score (nSPS) is 18.0. The minimum atomic E-state index is -1.22. The first-order chi connectivity index (χ1) is 20.7. The van der Waals surface area contributed by atoms with Gasteiger partial charge in [0.2, 0.25) is 11.8 Å². The van der Waals surface area contributed by atoms with Gasteiger partial charge in [0.1, 0.15) is 11.8 Å². The van der Waals surface area contributed by atoms with Crippen molar-refractivity contribution in [1.29, 1.82) is 0 Å². The number of carboxylic acids is 1. The van der Waals surface area contributed by atoms with E-state index < -0.39 is 24.1 Å². The van der Waals surface area contributed by atoms with Crippen molar-refractivity contribution >= 4 is 28.8 Å². The molecule has 10 heteroatoms. The molecule has 0 spiro atoms. The number of hydrogen-bond acceptors (Lipinski definition) is 6. The van der Waals surface area contributed by atoms with Crippen LogP contribution in [0.4, 0.5) is 4.79 Å². The Balaban J connectivity index is 1.58. The molecule has 0 aliphatic heterocycles. The van der Waals surface area contributed by atoms with Crippen LogP contribution in [0.2, 0.25) is 0 Å². The Kier molecular flexibility index (Phi) is 9.54. The van der Waals surface area contributed by atoms with Gasteiger partial charge in [-0.25, -0.2) is 19.5 Å². The van der Waals surface area contributed by atoms with E-state index in [-0.39, 0.29) is 41.8 Å². The number of para-hydroxylation sites is 1. The molecule has 2 saturated carbocycles. The highest BCUT2D eigenvalue weighted by atomic mass is 16.4. The Bertz CT molecular complexity index is 1450. The van der Waals surface area contributed by atoms with Crippen molar-refractivity contribution in [2.45, 2.75) is 109 Å². The van der Waals surface area contributed by atoms with E-state index in [0.717, 1.165) is 74.3 Å². The monoisotopic (exact) mass is 591 g/mol. The summed E-state index contributed by atoms with van der Waals surface area (Å²) in [6.07, 6.45) is 12.6. The van der Waals surface area contributed by atoms with Gasteiger partial charge in [-0.05, 0) is 51.2 Å². The number of nitrogens with one attached hydrogen (secondary N) is 1. The number of imide groups is 1. The second kappa shape index (κ2) is 13.3. The molecule has 3 aromatic rings. The van der Waals surface area contributed by atoms with Gasteiger partial charge < -0.3 is 24.3 Å². The van der Waals surface area contributed by atoms with E-state index in [2.05, 4.69) is 10.3 Å². The largest absolute Gasteiger partial charge is 0.476 e. The fourth-order valence-corrected chi connectivity index (χ4v) is 6.92. The predicted molar refractivity (Wildman–Crippen MR) is 164 cm³/mol. The van der Waals surface area contributed by atoms with Crippen LogP contribution in [0.25, 0.3) is 10.9 Å². The third kappa shape index (κ3) is 6.64. The Morgan fingerprint density at radius 3 is 2.37 bits per heavy atom. The Labute approximate surface area is 253 Å². The number of urea groups is 1. The van der Waals surface area contributed by atoms with Crippen molar-refractivity contribution in [3.8, 4) is 0 Å². The number of aryl methyl sites for hydroxylation is 2. The zero-order valence-electron chi connectivity index (χ0n) is 25.8. The van der Waals surface area contributed by atoms with Crippen LogP contribution in [0.3, 0.4) is 0 Å². The van der Waals surface area contributed by atoms with Crippen molar-refractivity contribution < 1.29 is 23.9 Å². The van der Waals surface area contributed by atoms with E-state index in [1.807, 2.05) is 49.0 Å². The number of oxazole rings is 1. The van der Waals surface area contributed by atoms with Crippen LogP contribution in [-0.4, -0.2) is 67.5 Å². The van der Waals surface area contributed by atoms with Crippen molar-refractivity contribution in [1.82, 2.24) is 24.7 Å². The van der Waals surface area contributed by atoms with Gasteiger partial charge in [-0.2, -0.15) is 0 Å². The number of nitrogens with zero attached hydrogens (tertiary/aromatic N) is 4. The van der Waals surface area contributed by atoms with Crippen LogP contribution in [0.1, 0.15) is 105 Å². The van der Waals surface area contributed by atoms with E-state index in [4.69, 9.17) is 4.42 Å². The Hall–Kier alpha value is -3.66. The first-order valence-corrected chi connectivity index (χ1v) is 15.7. The molecule has 2 aliphatic carbocycles. The average Bonchev–Trinajstić information content (AvgIpc) is 3.56.